The van der Waals surface area contributed by atoms with Gasteiger partial charge in [-0.25, -0.2) is 0 Å². The molecule has 8 heteroatoms. The SMILES string of the molecule is Oc1ccc2ccccc2c1C=NNc1nnc(NN=Cc2c(O)ccc3ccccc23)c2ccccc12. The molecule has 1 heterocycles. The smallest absolute Gasteiger partial charge is 0.176 e. The fourth-order valence-corrected chi connectivity index (χ4v) is 4.42. The van der Waals surface area contributed by atoms with Crippen LogP contribution in [0.2, 0.25) is 0 Å². The second-order valence-electron chi connectivity index (χ2n) is 8.62. The molecule has 0 unspecified atom stereocenters. The number of phenols is 2. The lowest BCUT2D eigenvalue weighted by atomic mass is 10.0. The summed E-state index contributed by atoms with van der Waals surface area (Å²) in [5.74, 6) is 1.19. The van der Waals surface area contributed by atoms with Crippen molar-refractivity contribution in [1.29, 1.82) is 0 Å². The van der Waals surface area contributed by atoms with Crippen molar-refractivity contribution in [1.82, 2.24) is 10.2 Å². The third kappa shape index (κ3) is 4.31. The molecule has 0 atom stereocenters. The van der Waals surface area contributed by atoms with E-state index < -0.39 is 0 Å². The Hall–Kier alpha value is -5.50. The van der Waals surface area contributed by atoms with Gasteiger partial charge in [0.2, 0.25) is 0 Å². The Labute approximate surface area is 217 Å². The fraction of sp³-hybridized carbons (Fsp3) is 0. The van der Waals surface area contributed by atoms with Crippen LogP contribution in [-0.2, 0) is 0 Å². The predicted molar refractivity (Wildman–Crippen MR) is 153 cm³/mol. The number of benzene rings is 5. The molecule has 8 nitrogen and oxygen atoms in total. The number of nitrogens with one attached hydrogen (secondary N) is 2. The topological polar surface area (TPSA) is 115 Å². The minimum Gasteiger partial charge on any atom is -0.507 e. The van der Waals surface area contributed by atoms with E-state index in [9.17, 15) is 10.2 Å². The van der Waals surface area contributed by atoms with E-state index in [0.717, 1.165) is 32.3 Å². The molecule has 0 amide bonds. The lowest BCUT2D eigenvalue weighted by Crippen LogP contribution is -2.02. The standard InChI is InChI=1S/C30H22N6O2/c37-27-15-13-19-7-1-3-9-21(19)25(27)17-31-33-29-23-11-5-6-12-24(23)30(36-35-29)34-32-18-26-22-10-4-2-8-20(22)14-16-28(26)38/h1-18,37-38H,(H,33,35)(H,34,36). The molecule has 6 rings (SSSR count). The Balaban J connectivity index is 1.27. The number of anilines is 2. The summed E-state index contributed by atoms with van der Waals surface area (Å²) in [6.45, 7) is 0. The van der Waals surface area contributed by atoms with Gasteiger partial charge < -0.3 is 10.2 Å². The highest BCUT2D eigenvalue weighted by atomic mass is 16.3. The minimum absolute atomic E-state index is 0.139. The van der Waals surface area contributed by atoms with E-state index in [1.54, 1.807) is 24.6 Å². The van der Waals surface area contributed by atoms with Crippen LogP contribution >= 0.6 is 0 Å². The van der Waals surface area contributed by atoms with Crippen LogP contribution < -0.4 is 10.9 Å². The molecule has 0 saturated carbocycles. The van der Waals surface area contributed by atoms with E-state index in [2.05, 4.69) is 31.3 Å². The van der Waals surface area contributed by atoms with E-state index >= 15 is 0 Å². The number of aromatic nitrogens is 2. The number of phenolic OH excluding ortho intramolecular Hbond substituents is 2. The van der Waals surface area contributed by atoms with Gasteiger partial charge in [-0.15, -0.1) is 10.2 Å². The number of hydrazone groups is 2. The molecule has 6 aromatic rings. The Morgan fingerprint density at radius 1 is 0.500 bits per heavy atom. The lowest BCUT2D eigenvalue weighted by molar-refractivity contribution is 0.475. The summed E-state index contributed by atoms with van der Waals surface area (Å²) in [4.78, 5) is 0. The summed E-state index contributed by atoms with van der Waals surface area (Å²) >= 11 is 0. The molecule has 0 spiro atoms. The van der Waals surface area contributed by atoms with Crippen molar-refractivity contribution < 1.29 is 10.2 Å². The Kier molecular flexibility index (Phi) is 5.95. The van der Waals surface area contributed by atoms with Crippen LogP contribution in [0.4, 0.5) is 11.6 Å². The summed E-state index contributed by atoms with van der Waals surface area (Å²) < 4.78 is 0. The monoisotopic (exact) mass is 498 g/mol. The highest BCUT2D eigenvalue weighted by molar-refractivity contribution is 6.04. The van der Waals surface area contributed by atoms with Gasteiger partial charge in [0.25, 0.3) is 0 Å². The van der Waals surface area contributed by atoms with Gasteiger partial charge in [0, 0.05) is 21.9 Å². The van der Waals surface area contributed by atoms with Crippen molar-refractivity contribution in [3.05, 3.63) is 108 Å². The van der Waals surface area contributed by atoms with Gasteiger partial charge in [0.1, 0.15) is 11.5 Å². The molecule has 0 aliphatic heterocycles. The molecule has 0 radical (unpaired) electrons. The quantitative estimate of drug-likeness (QED) is 0.160. The zero-order valence-corrected chi connectivity index (χ0v) is 20.1. The highest BCUT2D eigenvalue weighted by Gasteiger charge is 2.10. The predicted octanol–water partition coefficient (Wildman–Crippen LogP) is 6.24. The maximum absolute atomic E-state index is 10.4. The molecule has 1 aromatic heterocycles. The molecular formula is C30H22N6O2. The number of nitrogens with zero attached hydrogens (tertiary/aromatic N) is 4. The van der Waals surface area contributed by atoms with Crippen LogP contribution in [0.25, 0.3) is 32.3 Å². The molecule has 0 saturated heterocycles. The van der Waals surface area contributed by atoms with Crippen molar-refractivity contribution in [3.63, 3.8) is 0 Å². The Bertz CT molecular complexity index is 1730. The van der Waals surface area contributed by atoms with Crippen LogP contribution in [0.1, 0.15) is 11.1 Å². The van der Waals surface area contributed by atoms with Crippen molar-refractivity contribution in [2.24, 2.45) is 10.2 Å². The summed E-state index contributed by atoms with van der Waals surface area (Å²) in [7, 11) is 0. The summed E-state index contributed by atoms with van der Waals surface area (Å²) in [6.07, 6.45) is 3.14. The van der Waals surface area contributed by atoms with Gasteiger partial charge in [-0.1, -0.05) is 84.9 Å². The van der Waals surface area contributed by atoms with Gasteiger partial charge in [-0.3, -0.25) is 10.9 Å². The maximum Gasteiger partial charge on any atom is 0.176 e. The van der Waals surface area contributed by atoms with E-state index in [0.29, 0.717) is 22.8 Å². The molecular weight excluding hydrogens is 476 g/mol. The summed E-state index contributed by atoms with van der Waals surface area (Å²) in [5, 5.41) is 43.3. The van der Waals surface area contributed by atoms with Gasteiger partial charge >= 0.3 is 0 Å². The van der Waals surface area contributed by atoms with Gasteiger partial charge in [0.05, 0.1) is 12.4 Å². The van der Waals surface area contributed by atoms with Crippen LogP contribution in [0.15, 0.2) is 107 Å². The number of hydrogen-bond donors (Lipinski definition) is 4. The van der Waals surface area contributed by atoms with E-state index in [1.165, 1.54) is 0 Å². The zero-order valence-electron chi connectivity index (χ0n) is 20.1. The first-order chi connectivity index (χ1) is 18.7. The average molecular weight is 499 g/mol. The van der Waals surface area contributed by atoms with Crippen LogP contribution in [-0.4, -0.2) is 32.8 Å². The molecule has 0 aliphatic carbocycles. The Morgan fingerprint density at radius 2 is 0.895 bits per heavy atom. The van der Waals surface area contributed by atoms with Crippen LogP contribution in [0.3, 0.4) is 0 Å². The molecule has 38 heavy (non-hydrogen) atoms. The first-order valence-electron chi connectivity index (χ1n) is 11.9. The average Bonchev–Trinajstić information content (AvgIpc) is 2.96. The van der Waals surface area contributed by atoms with E-state index in [1.807, 2.05) is 84.9 Å². The lowest BCUT2D eigenvalue weighted by Gasteiger charge is -2.09. The number of fused-ring (bicyclic) bond motifs is 3. The van der Waals surface area contributed by atoms with Crippen LogP contribution in [0, 0.1) is 0 Å². The van der Waals surface area contributed by atoms with Crippen molar-refractivity contribution in [2.45, 2.75) is 0 Å². The molecule has 4 N–H and O–H groups in total. The van der Waals surface area contributed by atoms with E-state index in [4.69, 9.17) is 0 Å². The largest absolute Gasteiger partial charge is 0.507 e. The molecule has 0 fully saturated rings. The number of hydrogen-bond acceptors (Lipinski definition) is 8. The normalized spacial score (nSPS) is 11.7. The highest BCUT2D eigenvalue weighted by Crippen LogP contribution is 2.28. The van der Waals surface area contributed by atoms with Crippen molar-refractivity contribution in [2.75, 3.05) is 10.9 Å². The van der Waals surface area contributed by atoms with Gasteiger partial charge in [-0.2, -0.15) is 10.2 Å². The first kappa shape index (κ1) is 22.9. The van der Waals surface area contributed by atoms with Crippen molar-refractivity contribution in [3.8, 4) is 11.5 Å². The second-order valence-corrected chi connectivity index (χ2v) is 8.62. The Morgan fingerprint density at radius 3 is 1.34 bits per heavy atom. The molecule has 5 aromatic carbocycles. The first-order valence-corrected chi connectivity index (χ1v) is 11.9. The van der Waals surface area contributed by atoms with E-state index in [-0.39, 0.29) is 11.5 Å². The minimum atomic E-state index is 0.139. The van der Waals surface area contributed by atoms with Crippen LogP contribution in [0.5, 0.6) is 11.5 Å². The number of aromatic hydroxyl groups is 2. The number of rotatable bonds is 6. The summed E-state index contributed by atoms with van der Waals surface area (Å²) in [5.41, 5.74) is 7.12. The molecule has 0 bridgehead atoms. The second kappa shape index (κ2) is 9.87. The van der Waals surface area contributed by atoms with Gasteiger partial charge in [-0.05, 0) is 33.7 Å². The molecule has 0 aliphatic rings. The third-order valence-corrected chi connectivity index (χ3v) is 6.31. The van der Waals surface area contributed by atoms with Gasteiger partial charge in [0.15, 0.2) is 11.6 Å². The summed E-state index contributed by atoms with van der Waals surface area (Å²) in [6, 6.07) is 30.2. The molecule has 184 valence electrons. The van der Waals surface area contributed by atoms with Crippen molar-refractivity contribution >= 4 is 56.4 Å². The maximum atomic E-state index is 10.4. The fourth-order valence-electron chi connectivity index (χ4n) is 4.42. The third-order valence-electron chi connectivity index (χ3n) is 6.31. The zero-order chi connectivity index (χ0) is 25.9.